The van der Waals surface area contributed by atoms with Gasteiger partial charge in [-0.15, -0.1) is 0 Å². The molecule has 1 aliphatic rings. The van der Waals surface area contributed by atoms with Crippen LogP contribution in [0.25, 0.3) is 10.8 Å². The van der Waals surface area contributed by atoms with Gasteiger partial charge in [-0.2, -0.15) is 0 Å². The van der Waals surface area contributed by atoms with Gasteiger partial charge in [-0.25, -0.2) is 4.21 Å². The first kappa shape index (κ1) is 22.4. The highest BCUT2D eigenvalue weighted by Gasteiger charge is 2.36. The summed E-state index contributed by atoms with van der Waals surface area (Å²) in [5.41, 5.74) is 4.11. The highest BCUT2D eigenvalue weighted by molar-refractivity contribution is 7.80. The predicted octanol–water partition coefficient (Wildman–Crippen LogP) is 6.88. The summed E-state index contributed by atoms with van der Waals surface area (Å²) >= 11 is 10.1. The number of likely N-dealkylation sites (tertiary alicyclic amines) is 1. The van der Waals surface area contributed by atoms with Gasteiger partial charge in [-0.3, -0.25) is 14.2 Å². The maximum atomic E-state index is 11.7. The first-order valence-corrected chi connectivity index (χ1v) is 12.5. The fourth-order valence-corrected chi connectivity index (χ4v) is 5.31. The number of fused-ring (bicyclic) bond motifs is 1. The Morgan fingerprint density at radius 1 is 0.848 bits per heavy atom. The highest BCUT2D eigenvalue weighted by atomic mass is 35.5. The summed E-state index contributed by atoms with van der Waals surface area (Å²) in [6.07, 6.45) is 0. The van der Waals surface area contributed by atoms with Crippen LogP contribution in [0, 0.1) is 0 Å². The second kappa shape index (κ2) is 9.45. The number of hydrogen-bond acceptors (Lipinski definition) is 2. The number of anilines is 1. The fraction of sp³-hybridized carbons (Fsp3) is 0.154. The molecule has 1 heterocycles. The largest absolute Gasteiger partial charge is 0.291 e. The van der Waals surface area contributed by atoms with Crippen LogP contribution in [-0.2, 0) is 11.3 Å². The van der Waals surface area contributed by atoms with E-state index < -0.39 is 11.3 Å². The smallest absolute Gasteiger partial charge is 0.259 e. The zero-order chi connectivity index (χ0) is 22.9. The van der Waals surface area contributed by atoms with Crippen molar-refractivity contribution in [3.63, 3.8) is 0 Å². The molecular formula is C26H22Cl2N2O2S. The topological polar surface area (TPSA) is 52.6 Å². The number of benzene rings is 4. The van der Waals surface area contributed by atoms with E-state index in [1.54, 1.807) is 0 Å². The van der Waals surface area contributed by atoms with Crippen LogP contribution < -0.4 is 4.72 Å². The summed E-state index contributed by atoms with van der Waals surface area (Å²) in [6.45, 7) is 1.64. The molecule has 168 valence electrons. The number of nitrogens with zero attached hydrogens (tertiary/aromatic N) is 1. The molecule has 4 aromatic rings. The molecule has 4 nitrogen and oxygen atoms in total. The van der Waals surface area contributed by atoms with E-state index in [-0.39, 0.29) is 12.0 Å². The molecule has 2 N–H and O–H groups in total. The van der Waals surface area contributed by atoms with Crippen molar-refractivity contribution in [2.24, 2.45) is 0 Å². The fourth-order valence-electron chi connectivity index (χ4n) is 4.65. The maximum absolute atomic E-state index is 11.7. The van der Waals surface area contributed by atoms with Gasteiger partial charge in [0.05, 0.1) is 11.7 Å². The predicted molar refractivity (Wildman–Crippen MR) is 137 cm³/mol. The van der Waals surface area contributed by atoms with E-state index in [4.69, 9.17) is 23.2 Å². The van der Waals surface area contributed by atoms with Crippen LogP contribution in [0.2, 0.25) is 10.0 Å². The lowest BCUT2D eigenvalue weighted by Gasteiger charge is -2.45. The van der Waals surface area contributed by atoms with Crippen molar-refractivity contribution in [2.75, 3.05) is 17.8 Å². The van der Waals surface area contributed by atoms with Gasteiger partial charge in [0.25, 0.3) is 11.3 Å². The van der Waals surface area contributed by atoms with Crippen LogP contribution in [0.15, 0.2) is 84.9 Å². The summed E-state index contributed by atoms with van der Waals surface area (Å²) in [5.74, 6) is 0.239. The standard InChI is InChI=1S/C26H22Cl2N2O2S/c27-21-10-5-18(6-11-21)26(19-7-12-22(28)13-8-19)30-15-20(16-30)24-14-9-17-3-1-2-4-23(17)25(24)29-33(31)32/h1-14,20,26,29H,15-16H2,(H,31,32). The maximum Gasteiger partial charge on any atom is 0.259 e. The zero-order valence-electron chi connectivity index (χ0n) is 17.6. The van der Waals surface area contributed by atoms with E-state index >= 15 is 0 Å². The van der Waals surface area contributed by atoms with E-state index in [1.807, 2.05) is 48.5 Å². The Balaban J connectivity index is 1.47. The molecule has 1 saturated heterocycles. The molecule has 1 atom stereocenters. The molecule has 5 rings (SSSR count). The van der Waals surface area contributed by atoms with Crippen LogP contribution in [0.4, 0.5) is 5.69 Å². The first-order valence-electron chi connectivity index (χ1n) is 10.6. The average molecular weight is 497 g/mol. The van der Waals surface area contributed by atoms with E-state index in [1.165, 1.54) is 0 Å². The molecule has 1 aliphatic heterocycles. The third kappa shape index (κ3) is 4.65. The van der Waals surface area contributed by atoms with Crippen molar-refractivity contribution < 1.29 is 8.76 Å². The van der Waals surface area contributed by atoms with Gasteiger partial charge in [-0.1, -0.05) is 83.9 Å². The van der Waals surface area contributed by atoms with Gasteiger partial charge >= 0.3 is 0 Å². The van der Waals surface area contributed by atoms with Gasteiger partial charge in [0, 0.05) is 34.4 Å². The average Bonchev–Trinajstić information content (AvgIpc) is 2.78. The molecule has 1 fully saturated rings. The van der Waals surface area contributed by atoms with Crippen molar-refractivity contribution >= 4 is 50.9 Å². The molecule has 1 unspecified atom stereocenters. The minimum atomic E-state index is -2.15. The molecule has 0 saturated carbocycles. The van der Waals surface area contributed by atoms with Crippen molar-refractivity contribution in [1.82, 2.24) is 4.90 Å². The Morgan fingerprint density at radius 2 is 1.42 bits per heavy atom. The van der Waals surface area contributed by atoms with Crippen LogP contribution in [0.3, 0.4) is 0 Å². The minimum absolute atomic E-state index is 0.0691. The Hall–Kier alpha value is -2.41. The third-order valence-electron chi connectivity index (χ3n) is 6.24. The number of halogens is 2. The quantitative estimate of drug-likeness (QED) is 0.286. The highest BCUT2D eigenvalue weighted by Crippen LogP contribution is 2.42. The molecule has 0 aromatic heterocycles. The Morgan fingerprint density at radius 3 is 2.00 bits per heavy atom. The van der Waals surface area contributed by atoms with E-state index in [2.05, 4.69) is 46.0 Å². The summed E-state index contributed by atoms with van der Waals surface area (Å²) in [4.78, 5) is 2.41. The lowest BCUT2D eigenvalue weighted by Crippen LogP contribution is -2.47. The van der Waals surface area contributed by atoms with E-state index in [0.29, 0.717) is 10.0 Å². The van der Waals surface area contributed by atoms with Crippen LogP contribution in [-0.4, -0.2) is 26.8 Å². The molecule has 7 heteroatoms. The van der Waals surface area contributed by atoms with E-state index in [9.17, 15) is 8.76 Å². The molecule has 0 bridgehead atoms. The Labute approximate surface area is 205 Å². The molecule has 33 heavy (non-hydrogen) atoms. The van der Waals surface area contributed by atoms with Gasteiger partial charge in [0.2, 0.25) is 0 Å². The van der Waals surface area contributed by atoms with Gasteiger partial charge in [0.1, 0.15) is 0 Å². The van der Waals surface area contributed by atoms with E-state index in [0.717, 1.165) is 46.2 Å². The minimum Gasteiger partial charge on any atom is -0.291 e. The van der Waals surface area contributed by atoms with Crippen molar-refractivity contribution in [1.29, 1.82) is 0 Å². The summed E-state index contributed by atoms with van der Waals surface area (Å²) < 4.78 is 24.0. The molecule has 0 aliphatic carbocycles. The molecular weight excluding hydrogens is 475 g/mol. The lowest BCUT2D eigenvalue weighted by atomic mass is 9.84. The molecule has 4 aromatic carbocycles. The zero-order valence-corrected chi connectivity index (χ0v) is 19.9. The molecule has 0 spiro atoms. The normalized spacial score (nSPS) is 15.5. The first-order chi connectivity index (χ1) is 16.0. The van der Waals surface area contributed by atoms with Crippen LogP contribution in [0.5, 0.6) is 0 Å². The van der Waals surface area contributed by atoms with Gasteiger partial charge < -0.3 is 0 Å². The second-order valence-corrected chi connectivity index (χ2v) is 9.83. The summed E-state index contributed by atoms with van der Waals surface area (Å²) in [6, 6.07) is 28.0. The molecule has 0 radical (unpaired) electrons. The molecule has 0 amide bonds. The van der Waals surface area contributed by atoms with Gasteiger partial charge in [0.15, 0.2) is 0 Å². The van der Waals surface area contributed by atoms with Crippen LogP contribution >= 0.6 is 23.2 Å². The Bertz CT molecular complexity index is 1260. The van der Waals surface area contributed by atoms with Crippen molar-refractivity contribution in [2.45, 2.75) is 12.0 Å². The van der Waals surface area contributed by atoms with Crippen LogP contribution in [0.1, 0.15) is 28.7 Å². The van der Waals surface area contributed by atoms with Gasteiger partial charge in [-0.05, 0) is 46.3 Å². The number of nitrogens with one attached hydrogen (secondary N) is 1. The summed E-state index contributed by atoms with van der Waals surface area (Å²) in [7, 11) is 0. The third-order valence-corrected chi connectivity index (χ3v) is 7.12. The number of hydrogen-bond donors (Lipinski definition) is 2. The SMILES string of the molecule is O=S(O)Nc1c(C2CN(C(c3ccc(Cl)cc3)c3ccc(Cl)cc3)C2)ccc2ccccc12. The van der Waals surface area contributed by atoms with Crippen molar-refractivity contribution in [3.8, 4) is 0 Å². The lowest BCUT2D eigenvalue weighted by molar-refractivity contribution is 0.111. The second-order valence-electron chi connectivity index (χ2n) is 8.26. The Kier molecular flexibility index (Phi) is 6.41. The van der Waals surface area contributed by atoms with Crippen molar-refractivity contribution in [3.05, 3.63) is 112 Å². The summed E-state index contributed by atoms with van der Waals surface area (Å²) in [5, 5.41) is 3.39. The number of rotatable bonds is 6. The monoisotopic (exact) mass is 496 g/mol.